The number of carbonyl (C=O) groups excluding carboxylic acids is 1. The van der Waals surface area contributed by atoms with Crippen molar-refractivity contribution in [3.63, 3.8) is 0 Å². The molecule has 3 N–H and O–H groups in total. The summed E-state index contributed by atoms with van der Waals surface area (Å²) in [5, 5.41) is 3.08. The van der Waals surface area contributed by atoms with E-state index in [4.69, 9.17) is 10.5 Å². The van der Waals surface area contributed by atoms with Crippen molar-refractivity contribution >= 4 is 5.91 Å². The van der Waals surface area contributed by atoms with Crippen LogP contribution in [-0.4, -0.2) is 31.2 Å². The number of rotatable bonds is 5. The number of ether oxygens (including phenoxy) is 1. The third-order valence-corrected chi connectivity index (χ3v) is 5.84. The maximum Gasteiger partial charge on any atom is 0.223 e. The van der Waals surface area contributed by atoms with Gasteiger partial charge in [-0.15, -0.1) is 0 Å². The summed E-state index contributed by atoms with van der Waals surface area (Å²) >= 11 is 0. The highest BCUT2D eigenvalue weighted by Gasteiger charge is 2.40. The van der Waals surface area contributed by atoms with Gasteiger partial charge in [-0.1, -0.05) is 19.3 Å². The summed E-state index contributed by atoms with van der Waals surface area (Å²) in [6.07, 6.45) is 11.1. The molecular formula is C17H30N2O2. The fourth-order valence-corrected chi connectivity index (χ4v) is 4.60. The van der Waals surface area contributed by atoms with Crippen LogP contribution >= 0.6 is 0 Å². The van der Waals surface area contributed by atoms with Crippen LogP contribution in [0.1, 0.15) is 57.8 Å². The van der Waals surface area contributed by atoms with Crippen LogP contribution in [0.15, 0.2) is 0 Å². The second-order valence-corrected chi connectivity index (χ2v) is 7.27. The molecule has 0 radical (unpaired) electrons. The molecule has 3 fully saturated rings. The Morgan fingerprint density at radius 2 is 1.71 bits per heavy atom. The molecule has 0 aromatic rings. The summed E-state index contributed by atoms with van der Waals surface area (Å²) < 4.78 is 5.80. The first-order valence-electron chi connectivity index (χ1n) is 8.89. The number of carbonyl (C=O) groups is 1. The molecule has 0 aromatic heterocycles. The molecule has 0 saturated heterocycles. The molecule has 2 bridgehead atoms. The van der Waals surface area contributed by atoms with E-state index in [0.717, 1.165) is 12.8 Å². The molecule has 0 heterocycles. The van der Waals surface area contributed by atoms with Crippen LogP contribution in [0.5, 0.6) is 0 Å². The minimum Gasteiger partial charge on any atom is -0.376 e. The highest BCUT2D eigenvalue weighted by Crippen LogP contribution is 2.41. The van der Waals surface area contributed by atoms with Crippen LogP contribution in [-0.2, 0) is 9.53 Å². The Bertz CT molecular complexity index is 341. The van der Waals surface area contributed by atoms with Gasteiger partial charge in [-0.3, -0.25) is 4.79 Å². The van der Waals surface area contributed by atoms with E-state index < -0.39 is 0 Å². The molecule has 3 rings (SSSR count). The van der Waals surface area contributed by atoms with Crippen LogP contribution in [0.2, 0.25) is 0 Å². The monoisotopic (exact) mass is 294 g/mol. The van der Waals surface area contributed by atoms with Gasteiger partial charge < -0.3 is 15.8 Å². The van der Waals surface area contributed by atoms with E-state index >= 15 is 0 Å². The third-order valence-electron chi connectivity index (χ3n) is 5.84. The fourth-order valence-electron chi connectivity index (χ4n) is 4.60. The molecule has 2 unspecified atom stereocenters. The maximum absolute atomic E-state index is 12.3. The van der Waals surface area contributed by atoms with Crippen molar-refractivity contribution in [2.45, 2.75) is 69.9 Å². The van der Waals surface area contributed by atoms with Gasteiger partial charge in [-0.05, 0) is 50.4 Å². The number of hydrogen-bond donors (Lipinski definition) is 2. The quantitative estimate of drug-likeness (QED) is 0.764. The Kier molecular flexibility index (Phi) is 5.17. The largest absolute Gasteiger partial charge is 0.376 e. The molecule has 4 heteroatoms. The Labute approximate surface area is 128 Å². The first-order valence-corrected chi connectivity index (χ1v) is 8.89. The van der Waals surface area contributed by atoms with Crippen LogP contribution in [0, 0.1) is 17.8 Å². The lowest BCUT2D eigenvalue weighted by atomic mass is 9.65. The number of fused-ring (bicyclic) bond motifs is 2. The molecule has 4 nitrogen and oxygen atoms in total. The van der Waals surface area contributed by atoms with E-state index in [0.29, 0.717) is 37.1 Å². The predicted octanol–water partition coefficient (Wildman–Crippen LogP) is 2.22. The molecule has 0 aliphatic heterocycles. The summed E-state index contributed by atoms with van der Waals surface area (Å²) in [4.78, 5) is 12.3. The van der Waals surface area contributed by atoms with Crippen molar-refractivity contribution in [3.8, 4) is 0 Å². The van der Waals surface area contributed by atoms with Gasteiger partial charge in [0.2, 0.25) is 5.91 Å². The van der Waals surface area contributed by atoms with Gasteiger partial charge in [-0.2, -0.15) is 0 Å². The SMILES string of the molecule is NC1C2CCCC1CC(C(=O)NCCOC1CCCC1)C2. The van der Waals surface area contributed by atoms with Crippen LogP contribution in [0.4, 0.5) is 0 Å². The molecular weight excluding hydrogens is 264 g/mol. The zero-order valence-corrected chi connectivity index (χ0v) is 13.1. The summed E-state index contributed by atoms with van der Waals surface area (Å²) in [5.41, 5.74) is 6.29. The van der Waals surface area contributed by atoms with Crippen LogP contribution in [0.25, 0.3) is 0 Å². The van der Waals surface area contributed by atoms with Gasteiger partial charge >= 0.3 is 0 Å². The van der Waals surface area contributed by atoms with Crippen LogP contribution in [0.3, 0.4) is 0 Å². The Morgan fingerprint density at radius 3 is 2.38 bits per heavy atom. The lowest BCUT2D eigenvalue weighted by molar-refractivity contribution is -0.128. The van der Waals surface area contributed by atoms with Crippen molar-refractivity contribution in [2.24, 2.45) is 23.5 Å². The molecule has 120 valence electrons. The third kappa shape index (κ3) is 3.78. The molecule has 3 aliphatic carbocycles. The van der Waals surface area contributed by atoms with Gasteiger partial charge in [0.15, 0.2) is 0 Å². The van der Waals surface area contributed by atoms with Crippen molar-refractivity contribution < 1.29 is 9.53 Å². The number of hydrogen-bond acceptors (Lipinski definition) is 3. The van der Waals surface area contributed by atoms with E-state index in [1.54, 1.807) is 0 Å². The standard InChI is InChI=1S/C17H30N2O2/c18-16-12-4-3-5-13(16)11-14(10-12)17(20)19-8-9-21-15-6-1-2-7-15/h12-16H,1-11,18H2,(H,19,20). The van der Waals surface area contributed by atoms with Gasteiger partial charge in [0.1, 0.15) is 0 Å². The minimum atomic E-state index is 0.187. The Balaban J connectivity index is 1.37. The van der Waals surface area contributed by atoms with Crippen molar-refractivity contribution in [2.75, 3.05) is 13.2 Å². The van der Waals surface area contributed by atoms with Crippen molar-refractivity contribution in [1.82, 2.24) is 5.32 Å². The lowest BCUT2D eigenvalue weighted by Gasteiger charge is -2.43. The highest BCUT2D eigenvalue weighted by atomic mass is 16.5. The van der Waals surface area contributed by atoms with E-state index in [2.05, 4.69) is 5.32 Å². The van der Waals surface area contributed by atoms with Gasteiger partial charge in [0.05, 0.1) is 12.7 Å². The molecule has 2 atom stereocenters. The maximum atomic E-state index is 12.3. The normalized spacial score (nSPS) is 36.6. The Hall–Kier alpha value is -0.610. The average molecular weight is 294 g/mol. The van der Waals surface area contributed by atoms with Gasteiger partial charge in [0, 0.05) is 18.5 Å². The van der Waals surface area contributed by atoms with Gasteiger partial charge in [-0.25, -0.2) is 0 Å². The molecule has 0 spiro atoms. The first-order chi connectivity index (χ1) is 10.2. The first kappa shape index (κ1) is 15.3. The predicted molar refractivity (Wildman–Crippen MR) is 82.7 cm³/mol. The van der Waals surface area contributed by atoms with Crippen molar-refractivity contribution in [1.29, 1.82) is 0 Å². The smallest absolute Gasteiger partial charge is 0.223 e. The topological polar surface area (TPSA) is 64.4 Å². The van der Waals surface area contributed by atoms with E-state index in [1.165, 1.54) is 44.9 Å². The highest BCUT2D eigenvalue weighted by molar-refractivity contribution is 5.78. The van der Waals surface area contributed by atoms with E-state index in [9.17, 15) is 4.79 Å². The van der Waals surface area contributed by atoms with E-state index in [-0.39, 0.29) is 11.8 Å². The zero-order chi connectivity index (χ0) is 14.7. The Morgan fingerprint density at radius 1 is 1.05 bits per heavy atom. The molecule has 21 heavy (non-hydrogen) atoms. The molecule has 3 aliphatic rings. The number of amides is 1. The summed E-state index contributed by atoms with van der Waals surface area (Å²) in [6, 6.07) is 0.341. The van der Waals surface area contributed by atoms with Crippen molar-refractivity contribution in [3.05, 3.63) is 0 Å². The fraction of sp³-hybridized carbons (Fsp3) is 0.941. The lowest BCUT2D eigenvalue weighted by Crippen LogP contribution is -2.49. The average Bonchev–Trinajstić information content (AvgIpc) is 2.96. The van der Waals surface area contributed by atoms with Gasteiger partial charge in [0.25, 0.3) is 0 Å². The molecule has 0 aromatic carbocycles. The minimum absolute atomic E-state index is 0.187. The zero-order valence-electron chi connectivity index (χ0n) is 13.1. The second kappa shape index (κ2) is 7.10. The van der Waals surface area contributed by atoms with Crippen LogP contribution < -0.4 is 11.1 Å². The summed E-state index contributed by atoms with van der Waals surface area (Å²) in [5.74, 6) is 1.56. The summed E-state index contributed by atoms with van der Waals surface area (Å²) in [6.45, 7) is 1.32. The number of nitrogens with one attached hydrogen (secondary N) is 1. The van der Waals surface area contributed by atoms with E-state index in [1.807, 2.05) is 0 Å². The summed E-state index contributed by atoms with van der Waals surface area (Å²) in [7, 11) is 0. The number of nitrogens with two attached hydrogens (primary N) is 1. The second-order valence-electron chi connectivity index (χ2n) is 7.27. The molecule has 3 saturated carbocycles. The molecule has 1 amide bonds.